The minimum Gasteiger partial charge on any atom is -0.241 e. The summed E-state index contributed by atoms with van der Waals surface area (Å²) in [6.45, 7) is 4.31. The van der Waals surface area contributed by atoms with Gasteiger partial charge in [-0.05, 0) is 85.3 Å². The summed E-state index contributed by atoms with van der Waals surface area (Å²) in [7, 11) is 0. The molecule has 0 aliphatic heterocycles. The molecule has 2 heterocycles. The largest absolute Gasteiger partial charge is 0.241 e. The molecule has 0 radical (unpaired) electrons. The number of nitrogens with zero attached hydrogens (tertiary/aromatic N) is 4. The van der Waals surface area contributed by atoms with Crippen LogP contribution in [0.5, 0.6) is 0 Å². The zero-order valence-electron chi connectivity index (χ0n) is 17.4. The molecule has 30 heavy (non-hydrogen) atoms. The van der Waals surface area contributed by atoms with Crippen molar-refractivity contribution >= 4 is 0 Å². The van der Waals surface area contributed by atoms with Crippen molar-refractivity contribution in [3.63, 3.8) is 0 Å². The average Bonchev–Trinajstić information content (AvgIpc) is 3.47. The van der Waals surface area contributed by atoms with Crippen LogP contribution in [0, 0.1) is 13.8 Å². The molecule has 0 fully saturated rings. The Labute approximate surface area is 177 Å². The number of hydrogen-bond donors (Lipinski definition) is 0. The third kappa shape index (κ3) is 4.66. The SMILES string of the molecule is Cc1ccc(-n2cccn2)cc1CC=CC=CCc1cc(-n2cccn2)ccc1C. The summed E-state index contributed by atoms with van der Waals surface area (Å²) in [5, 5.41) is 8.64. The predicted octanol–water partition coefficient (Wildman–Crippen LogP) is 5.57. The molecular formula is C26H26N4. The lowest BCUT2D eigenvalue weighted by molar-refractivity contribution is 0.877. The van der Waals surface area contributed by atoms with E-state index in [0.717, 1.165) is 24.2 Å². The van der Waals surface area contributed by atoms with E-state index in [0.29, 0.717) is 0 Å². The minimum atomic E-state index is 0.902. The van der Waals surface area contributed by atoms with Gasteiger partial charge < -0.3 is 0 Å². The van der Waals surface area contributed by atoms with Crippen LogP contribution < -0.4 is 0 Å². The summed E-state index contributed by atoms with van der Waals surface area (Å²) in [5.41, 5.74) is 7.41. The van der Waals surface area contributed by atoms with Crippen LogP contribution in [0.2, 0.25) is 0 Å². The maximum absolute atomic E-state index is 4.32. The highest BCUT2D eigenvalue weighted by molar-refractivity contribution is 5.42. The maximum atomic E-state index is 4.32. The van der Waals surface area contributed by atoms with Crippen LogP contribution in [0.1, 0.15) is 22.3 Å². The third-order valence-corrected chi connectivity index (χ3v) is 5.26. The standard InChI is InChI=1S/C26H26N4/c1-21-11-13-25(29-17-7-15-27-29)19-23(21)9-5-3-4-6-10-24-20-26(14-12-22(24)2)30-18-8-16-28-30/h3-8,11-20H,9-10H2,1-2H3. The van der Waals surface area contributed by atoms with Gasteiger partial charge in [0.15, 0.2) is 0 Å². The highest BCUT2D eigenvalue weighted by Crippen LogP contribution is 2.16. The Kier molecular flexibility index (Phi) is 6.04. The molecule has 0 aliphatic carbocycles. The highest BCUT2D eigenvalue weighted by Gasteiger charge is 2.02. The number of hydrogen-bond acceptors (Lipinski definition) is 2. The van der Waals surface area contributed by atoms with Crippen molar-refractivity contribution < 1.29 is 0 Å². The molecule has 4 rings (SSSR count). The van der Waals surface area contributed by atoms with Crippen molar-refractivity contribution in [3.8, 4) is 11.4 Å². The second kappa shape index (κ2) is 9.23. The Hall–Kier alpha value is -3.66. The molecule has 0 atom stereocenters. The van der Waals surface area contributed by atoms with Crippen LogP contribution in [-0.4, -0.2) is 19.6 Å². The number of rotatable bonds is 7. The second-order valence-electron chi connectivity index (χ2n) is 7.39. The first-order valence-corrected chi connectivity index (χ1v) is 10.2. The van der Waals surface area contributed by atoms with Gasteiger partial charge in [-0.15, -0.1) is 0 Å². The van der Waals surface area contributed by atoms with Crippen LogP contribution in [0.15, 0.2) is 97.6 Å². The number of allylic oxidation sites excluding steroid dienone is 4. The van der Waals surface area contributed by atoms with Gasteiger partial charge in [-0.3, -0.25) is 0 Å². The fraction of sp³-hybridized carbons (Fsp3) is 0.154. The third-order valence-electron chi connectivity index (χ3n) is 5.26. The molecule has 150 valence electrons. The van der Waals surface area contributed by atoms with Crippen molar-refractivity contribution in [3.05, 3.63) is 120 Å². The normalized spacial score (nSPS) is 11.7. The van der Waals surface area contributed by atoms with Crippen LogP contribution >= 0.6 is 0 Å². The van der Waals surface area contributed by atoms with Crippen LogP contribution in [0.25, 0.3) is 11.4 Å². The second-order valence-corrected chi connectivity index (χ2v) is 7.39. The van der Waals surface area contributed by atoms with E-state index in [1.54, 1.807) is 12.4 Å². The molecule has 0 aliphatic rings. The van der Waals surface area contributed by atoms with Crippen molar-refractivity contribution in [2.75, 3.05) is 0 Å². The predicted molar refractivity (Wildman–Crippen MR) is 122 cm³/mol. The Balaban J connectivity index is 1.38. The first kappa shape index (κ1) is 19.6. The summed E-state index contributed by atoms with van der Waals surface area (Å²) in [6.07, 6.45) is 18.0. The van der Waals surface area contributed by atoms with Crippen molar-refractivity contribution in [2.24, 2.45) is 0 Å². The number of aromatic nitrogens is 4. The molecule has 0 N–H and O–H groups in total. The topological polar surface area (TPSA) is 35.6 Å². The summed E-state index contributed by atoms with van der Waals surface area (Å²) in [4.78, 5) is 0. The van der Waals surface area contributed by atoms with E-state index >= 15 is 0 Å². The molecular weight excluding hydrogens is 368 g/mol. The summed E-state index contributed by atoms with van der Waals surface area (Å²) < 4.78 is 3.79. The lowest BCUT2D eigenvalue weighted by atomic mass is 10.0. The van der Waals surface area contributed by atoms with E-state index in [1.807, 2.05) is 33.9 Å². The van der Waals surface area contributed by atoms with E-state index in [9.17, 15) is 0 Å². The Morgan fingerprint density at radius 3 is 1.57 bits per heavy atom. The molecule has 2 aromatic heterocycles. The Bertz CT molecular complexity index is 1060. The summed E-state index contributed by atoms with van der Waals surface area (Å²) in [6, 6.07) is 16.8. The molecule has 0 spiro atoms. The van der Waals surface area contributed by atoms with Crippen LogP contribution in [0.4, 0.5) is 0 Å². The molecule has 0 unspecified atom stereocenters. The average molecular weight is 395 g/mol. The minimum absolute atomic E-state index is 0.902. The van der Waals surface area contributed by atoms with Crippen LogP contribution in [-0.2, 0) is 12.8 Å². The molecule has 0 saturated carbocycles. The van der Waals surface area contributed by atoms with Gasteiger partial charge in [-0.1, -0.05) is 36.4 Å². The fourth-order valence-corrected chi connectivity index (χ4v) is 3.43. The van der Waals surface area contributed by atoms with Crippen molar-refractivity contribution in [1.29, 1.82) is 0 Å². The first-order valence-electron chi connectivity index (χ1n) is 10.2. The van der Waals surface area contributed by atoms with Gasteiger partial charge in [-0.2, -0.15) is 10.2 Å². The first-order chi connectivity index (χ1) is 14.7. The van der Waals surface area contributed by atoms with Gasteiger partial charge in [0.2, 0.25) is 0 Å². The zero-order chi connectivity index (χ0) is 20.8. The van der Waals surface area contributed by atoms with Crippen molar-refractivity contribution in [2.45, 2.75) is 26.7 Å². The van der Waals surface area contributed by atoms with Gasteiger partial charge in [0.1, 0.15) is 0 Å². The summed E-state index contributed by atoms with van der Waals surface area (Å²) >= 11 is 0. The molecule has 4 nitrogen and oxygen atoms in total. The fourth-order valence-electron chi connectivity index (χ4n) is 3.43. The quantitative estimate of drug-likeness (QED) is 0.384. The van der Waals surface area contributed by atoms with E-state index < -0.39 is 0 Å². The lowest BCUT2D eigenvalue weighted by Gasteiger charge is -2.07. The van der Waals surface area contributed by atoms with E-state index in [-0.39, 0.29) is 0 Å². The van der Waals surface area contributed by atoms with Gasteiger partial charge in [0.25, 0.3) is 0 Å². The van der Waals surface area contributed by atoms with Gasteiger partial charge in [0, 0.05) is 24.8 Å². The van der Waals surface area contributed by atoms with Gasteiger partial charge >= 0.3 is 0 Å². The maximum Gasteiger partial charge on any atom is 0.0648 e. The lowest BCUT2D eigenvalue weighted by Crippen LogP contribution is -1.97. The molecule has 4 aromatic rings. The molecule has 0 saturated heterocycles. The van der Waals surface area contributed by atoms with Crippen molar-refractivity contribution in [1.82, 2.24) is 19.6 Å². The van der Waals surface area contributed by atoms with E-state index in [2.05, 4.69) is 84.7 Å². The Morgan fingerprint density at radius 2 is 1.17 bits per heavy atom. The molecule has 0 amide bonds. The van der Waals surface area contributed by atoms with Gasteiger partial charge in [0.05, 0.1) is 11.4 Å². The summed E-state index contributed by atoms with van der Waals surface area (Å²) in [5.74, 6) is 0. The number of aryl methyl sites for hydroxylation is 2. The zero-order valence-corrected chi connectivity index (χ0v) is 17.4. The van der Waals surface area contributed by atoms with Gasteiger partial charge in [-0.25, -0.2) is 9.36 Å². The van der Waals surface area contributed by atoms with Crippen LogP contribution in [0.3, 0.4) is 0 Å². The smallest absolute Gasteiger partial charge is 0.0648 e. The molecule has 2 aromatic carbocycles. The van der Waals surface area contributed by atoms with E-state index in [1.165, 1.54) is 22.3 Å². The molecule has 0 bridgehead atoms. The highest BCUT2D eigenvalue weighted by atomic mass is 15.3. The Morgan fingerprint density at radius 1 is 0.700 bits per heavy atom. The molecule has 4 heteroatoms. The van der Waals surface area contributed by atoms with E-state index in [4.69, 9.17) is 0 Å². The number of benzene rings is 2. The monoisotopic (exact) mass is 394 g/mol.